The van der Waals surface area contributed by atoms with E-state index in [-0.39, 0.29) is 22.4 Å². The van der Waals surface area contributed by atoms with Gasteiger partial charge >= 0.3 is 5.97 Å². The zero-order chi connectivity index (χ0) is 19.3. The monoisotopic (exact) mass is 416 g/mol. The maximum atomic E-state index is 12.3. The van der Waals surface area contributed by atoms with Crippen LogP contribution in [0, 0.1) is 0 Å². The van der Waals surface area contributed by atoms with E-state index in [4.69, 9.17) is 0 Å². The summed E-state index contributed by atoms with van der Waals surface area (Å²) in [7, 11) is -0.728. The van der Waals surface area contributed by atoms with Crippen molar-refractivity contribution in [1.82, 2.24) is 10.2 Å². The van der Waals surface area contributed by atoms with E-state index >= 15 is 0 Å². The highest BCUT2D eigenvalue weighted by atomic mass is 32.2. The molecule has 0 aliphatic rings. The second-order valence-electron chi connectivity index (χ2n) is 4.97. The van der Waals surface area contributed by atoms with Crippen molar-refractivity contribution in [3.8, 4) is 0 Å². The quantitative estimate of drug-likeness (QED) is 0.409. The highest BCUT2D eigenvalue weighted by Crippen LogP contribution is 2.26. The van der Waals surface area contributed by atoms with Crippen LogP contribution in [0.1, 0.15) is 10.4 Å². The average Bonchev–Trinajstić information content (AvgIpc) is 3.05. The number of aromatic nitrogens is 2. The third kappa shape index (κ3) is 5.41. The van der Waals surface area contributed by atoms with E-state index in [9.17, 15) is 18.0 Å². The van der Waals surface area contributed by atoms with E-state index in [2.05, 4.69) is 20.3 Å². The first-order valence-electron chi connectivity index (χ1n) is 7.09. The minimum Gasteiger partial charge on any atom is -0.468 e. The van der Waals surface area contributed by atoms with Crippen LogP contribution in [0.5, 0.6) is 0 Å². The number of anilines is 2. The smallest absolute Gasteiger partial charge is 0.316 e. The van der Waals surface area contributed by atoms with Gasteiger partial charge in [-0.1, -0.05) is 29.2 Å². The number of carbonyl (C=O) groups is 2. The number of hydrogen-bond acceptors (Lipinski definition) is 9. The van der Waals surface area contributed by atoms with Crippen LogP contribution in [0.15, 0.2) is 28.6 Å². The van der Waals surface area contributed by atoms with Gasteiger partial charge in [-0.15, -0.1) is 10.2 Å². The molecule has 1 heterocycles. The molecule has 1 amide bonds. The minimum atomic E-state index is -3.43. The van der Waals surface area contributed by atoms with Gasteiger partial charge in [-0.2, -0.15) is 0 Å². The zero-order valence-corrected chi connectivity index (χ0v) is 16.6. The van der Waals surface area contributed by atoms with Crippen LogP contribution in [-0.4, -0.2) is 56.7 Å². The summed E-state index contributed by atoms with van der Waals surface area (Å²) in [4.78, 5) is 23.4. The fraction of sp³-hybridized carbons (Fsp3) is 0.286. The standard InChI is InChI=1S/C14H16N4O5S3/c1-18(26(3,21)22)10-6-4-5-9(7-10)12(20)15-13-16-17-14(25-13)24-8-11(19)23-2/h4-7H,8H2,1-3H3,(H,15,16,20). The van der Waals surface area contributed by atoms with Gasteiger partial charge < -0.3 is 4.74 Å². The largest absolute Gasteiger partial charge is 0.468 e. The van der Waals surface area contributed by atoms with E-state index in [1.807, 2.05) is 0 Å². The Morgan fingerprint density at radius 3 is 2.73 bits per heavy atom. The predicted octanol–water partition coefficient (Wildman–Crippen LogP) is 1.45. The molecule has 0 bridgehead atoms. The Bertz CT molecular complexity index is 913. The van der Waals surface area contributed by atoms with Crippen LogP contribution in [0.3, 0.4) is 0 Å². The lowest BCUT2D eigenvalue weighted by atomic mass is 10.2. The Hall–Kier alpha value is -2.18. The third-order valence-corrected chi connectivity index (χ3v) is 6.29. The number of benzene rings is 1. The van der Waals surface area contributed by atoms with E-state index in [0.717, 1.165) is 33.7 Å². The lowest BCUT2D eigenvalue weighted by Gasteiger charge is -2.17. The van der Waals surface area contributed by atoms with Crippen LogP contribution in [0.4, 0.5) is 10.8 Å². The lowest BCUT2D eigenvalue weighted by molar-refractivity contribution is -0.137. The number of nitrogens with zero attached hydrogens (tertiary/aromatic N) is 3. The Morgan fingerprint density at radius 1 is 1.35 bits per heavy atom. The number of carbonyl (C=O) groups excluding carboxylic acids is 2. The van der Waals surface area contributed by atoms with Crippen molar-refractivity contribution in [2.24, 2.45) is 0 Å². The summed E-state index contributed by atoms with van der Waals surface area (Å²) in [5.74, 6) is -0.740. The van der Waals surface area contributed by atoms with Gasteiger partial charge in [0, 0.05) is 12.6 Å². The van der Waals surface area contributed by atoms with Gasteiger partial charge in [0.05, 0.1) is 24.8 Å². The number of hydrogen-bond donors (Lipinski definition) is 1. The van der Waals surface area contributed by atoms with Gasteiger partial charge in [0.25, 0.3) is 5.91 Å². The first-order chi connectivity index (χ1) is 12.2. The summed E-state index contributed by atoms with van der Waals surface area (Å²) in [5, 5.41) is 10.6. The van der Waals surface area contributed by atoms with Gasteiger partial charge in [0.1, 0.15) is 0 Å². The van der Waals surface area contributed by atoms with Gasteiger partial charge in [-0.3, -0.25) is 19.2 Å². The molecule has 1 aromatic carbocycles. The number of thioether (sulfide) groups is 1. The number of rotatable bonds is 7. The molecule has 2 rings (SSSR count). The molecule has 0 fully saturated rings. The predicted molar refractivity (Wildman–Crippen MR) is 100 cm³/mol. The molecular formula is C14H16N4O5S3. The Balaban J connectivity index is 2.06. The summed E-state index contributed by atoms with van der Waals surface area (Å²) >= 11 is 2.27. The molecule has 0 unspecified atom stereocenters. The van der Waals surface area contributed by atoms with Crippen molar-refractivity contribution in [2.45, 2.75) is 4.34 Å². The summed E-state index contributed by atoms with van der Waals surface area (Å²) in [6, 6.07) is 6.20. The fourth-order valence-electron chi connectivity index (χ4n) is 1.70. The SMILES string of the molecule is COC(=O)CSc1nnc(NC(=O)c2cccc(N(C)S(C)(=O)=O)c2)s1. The van der Waals surface area contributed by atoms with Crippen molar-refractivity contribution in [3.05, 3.63) is 29.8 Å². The van der Waals surface area contributed by atoms with Gasteiger partial charge in [-0.05, 0) is 18.2 Å². The number of methoxy groups -OCH3 is 1. The second kappa shape index (κ2) is 8.47. The van der Waals surface area contributed by atoms with Crippen molar-refractivity contribution in [3.63, 3.8) is 0 Å². The molecule has 0 spiro atoms. The van der Waals surface area contributed by atoms with E-state index in [0.29, 0.717) is 10.0 Å². The highest BCUT2D eigenvalue weighted by Gasteiger charge is 2.16. The zero-order valence-electron chi connectivity index (χ0n) is 14.1. The maximum absolute atomic E-state index is 12.3. The Kier molecular flexibility index (Phi) is 6.56. The average molecular weight is 417 g/mol. The minimum absolute atomic E-state index is 0.0962. The van der Waals surface area contributed by atoms with Gasteiger partial charge in [0.15, 0.2) is 4.34 Å². The summed E-state index contributed by atoms with van der Waals surface area (Å²) in [6.45, 7) is 0. The van der Waals surface area contributed by atoms with Crippen molar-refractivity contribution >= 4 is 55.8 Å². The molecule has 9 nitrogen and oxygen atoms in total. The number of ether oxygens (including phenoxy) is 1. The summed E-state index contributed by atoms with van der Waals surface area (Å²) < 4.78 is 29.3. The van der Waals surface area contributed by atoms with Crippen molar-refractivity contribution < 1.29 is 22.7 Å². The first-order valence-corrected chi connectivity index (χ1v) is 10.7. The molecule has 140 valence electrons. The molecule has 26 heavy (non-hydrogen) atoms. The highest BCUT2D eigenvalue weighted by molar-refractivity contribution is 8.01. The van der Waals surface area contributed by atoms with E-state index in [1.54, 1.807) is 18.2 Å². The molecule has 0 saturated carbocycles. The molecule has 0 radical (unpaired) electrons. The van der Waals surface area contributed by atoms with Gasteiger partial charge in [0.2, 0.25) is 15.2 Å². The molecule has 2 aromatic rings. The topological polar surface area (TPSA) is 119 Å². The van der Waals surface area contributed by atoms with Gasteiger partial charge in [-0.25, -0.2) is 8.42 Å². The number of sulfonamides is 1. The van der Waals surface area contributed by atoms with Crippen LogP contribution in [0.2, 0.25) is 0 Å². The second-order valence-corrected chi connectivity index (χ2v) is 9.19. The molecule has 1 N–H and O–H groups in total. The molecular weight excluding hydrogens is 400 g/mol. The first kappa shape index (κ1) is 20.1. The molecule has 0 saturated heterocycles. The Labute approximate surface area is 158 Å². The molecule has 0 aliphatic carbocycles. The van der Waals surface area contributed by atoms with Crippen LogP contribution in [0.25, 0.3) is 0 Å². The van der Waals surface area contributed by atoms with E-state index < -0.39 is 15.9 Å². The number of nitrogens with one attached hydrogen (secondary N) is 1. The molecule has 0 atom stereocenters. The molecule has 0 aliphatic heterocycles. The number of esters is 1. The van der Waals surface area contributed by atoms with Crippen LogP contribution < -0.4 is 9.62 Å². The van der Waals surface area contributed by atoms with Crippen LogP contribution in [-0.2, 0) is 19.6 Å². The fourth-order valence-corrected chi connectivity index (χ4v) is 3.78. The normalized spacial score (nSPS) is 11.0. The Morgan fingerprint density at radius 2 is 2.08 bits per heavy atom. The van der Waals surface area contributed by atoms with E-state index in [1.165, 1.54) is 20.2 Å². The molecule has 1 aromatic heterocycles. The summed E-state index contributed by atoms with van der Waals surface area (Å²) in [5.41, 5.74) is 0.642. The summed E-state index contributed by atoms with van der Waals surface area (Å²) in [6.07, 6.45) is 1.08. The maximum Gasteiger partial charge on any atom is 0.316 e. The lowest BCUT2D eigenvalue weighted by Crippen LogP contribution is -2.25. The third-order valence-electron chi connectivity index (χ3n) is 3.14. The molecule has 12 heteroatoms. The number of amides is 1. The van der Waals surface area contributed by atoms with Crippen molar-refractivity contribution in [1.29, 1.82) is 0 Å². The van der Waals surface area contributed by atoms with Crippen LogP contribution >= 0.6 is 23.1 Å². The van der Waals surface area contributed by atoms with Crippen molar-refractivity contribution in [2.75, 3.05) is 35.8 Å².